The average Bonchev–Trinajstić information content (AvgIpc) is 2.53. The van der Waals surface area contributed by atoms with Crippen LogP contribution < -0.4 is 4.74 Å². The third kappa shape index (κ3) is 5.31. The second kappa shape index (κ2) is 8.12. The highest BCUT2D eigenvalue weighted by molar-refractivity contribution is 5.53. The Kier molecular flexibility index (Phi) is 6.82. The first kappa shape index (κ1) is 22.7. The molecule has 150 valence electrons. The van der Waals surface area contributed by atoms with Crippen molar-refractivity contribution in [2.24, 2.45) is 0 Å². The van der Waals surface area contributed by atoms with E-state index in [0.29, 0.717) is 5.75 Å². The van der Waals surface area contributed by atoms with Crippen LogP contribution in [0.3, 0.4) is 0 Å². The monoisotopic (exact) mass is 374 g/mol. The zero-order valence-corrected chi connectivity index (χ0v) is 18.1. The van der Waals surface area contributed by atoms with Crippen molar-refractivity contribution in [3.05, 3.63) is 46.5 Å². The van der Waals surface area contributed by atoms with Gasteiger partial charge in [-0.05, 0) is 60.1 Å². The molecule has 3 N–H and O–H groups in total. The van der Waals surface area contributed by atoms with Crippen molar-refractivity contribution in [3.63, 3.8) is 0 Å². The number of aromatic hydroxyl groups is 3. The molecule has 0 aromatic heterocycles. The summed E-state index contributed by atoms with van der Waals surface area (Å²) < 4.78 is 5.07. The minimum Gasteiger partial charge on any atom is -0.508 e. The summed E-state index contributed by atoms with van der Waals surface area (Å²) >= 11 is 0. The smallest absolute Gasteiger partial charge is 0.122 e. The number of hydrogen-bond acceptors (Lipinski definition) is 4. The minimum atomic E-state index is -0.189. The topological polar surface area (TPSA) is 69.9 Å². The number of ether oxygens (including phenoxy) is 1. The lowest BCUT2D eigenvalue weighted by molar-refractivity contribution is 0.408. The van der Waals surface area contributed by atoms with Crippen molar-refractivity contribution in [3.8, 4) is 23.0 Å². The SMILES string of the molecule is CC(C)(C)c1c(O)ccc(O)c1C(C)(C)C.COc1ccc(O)c(C)c1C. The van der Waals surface area contributed by atoms with E-state index >= 15 is 0 Å². The second-order valence-corrected chi connectivity index (χ2v) is 8.89. The van der Waals surface area contributed by atoms with Gasteiger partial charge in [0.15, 0.2) is 0 Å². The number of hydrogen-bond donors (Lipinski definition) is 3. The minimum absolute atomic E-state index is 0.189. The summed E-state index contributed by atoms with van der Waals surface area (Å²) in [4.78, 5) is 0. The van der Waals surface area contributed by atoms with E-state index < -0.39 is 0 Å². The third-order valence-corrected chi connectivity index (χ3v) is 4.59. The average molecular weight is 375 g/mol. The predicted octanol–water partition coefficient (Wildman–Crippen LogP) is 5.71. The van der Waals surface area contributed by atoms with Gasteiger partial charge in [-0.15, -0.1) is 0 Å². The number of phenols is 3. The molecule has 0 saturated heterocycles. The number of phenolic OH excluding ortho intramolecular Hbond substituents is 3. The third-order valence-electron chi connectivity index (χ3n) is 4.59. The van der Waals surface area contributed by atoms with Crippen LogP contribution in [-0.4, -0.2) is 22.4 Å². The van der Waals surface area contributed by atoms with Crippen LogP contribution in [0.2, 0.25) is 0 Å². The summed E-state index contributed by atoms with van der Waals surface area (Å²) in [7, 11) is 1.62. The molecule has 2 rings (SSSR count). The van der Waals surface area contributed by atoms with Crippen molar-refractivity contribution in [2.45, 2.75) is 66.2 Å². The molecule has 2 aromatic rings. The first-order valence-electron chi connectivity index (χ1n) is 9.10. The lowest BCUT2D eigenvalue weighted by Gasteiger charge is -2.31. The van der Waals surface area contributed by atoms with E-state index in [2.05, 4.69) is 0 Å². The summed E-state index contributed by atoms with van der Waals surface area (Å²) in [5.41, 5.74) is 3.16. The standard InChI is InChI=1S/C14H22O2.C9H12O2/c1-13(2,3)11-9(15)7-8-10(16)12(11)14(4,5)6;1-6-7(2)9(11-3)5-4-8(6)10/h7-8,15-16H,1-6H3;4-5,10H,1-3H3. The van der Waals surface area contributed by atoms with Gasteiger partial charge in [-0.1, -0.05) is 41.5 Å². The molecule has 4 nitrogen and oxygen atoms in total. The van der Waals surface area contributed by atoms with Gasteiger partial charge >= 0.3 is 0 Å². The van der Waals surface area contributed by atoms with Crippen molar-refractivity contribution in [2.75, 3.05) is 7.11 Å². The maximum Gasteiger partial charge on any atom is 0.122 e. The summed E-state index contributed by atoms with van der Waals surface area (Å²) in [5.74, 6) is 1.66. The predicted molar refractivity (Wildman–Crippen MR) is 111 cm³/mol. The molecule has 0 amide bonds. The molecule has 0 fully saturated rings. The first-order valence-corrected chi connectivity index (χ1v) is 9.10. The molecular weight excluding hydrogens is 340 g/mol. The molecule has 0 aliphatic carbocycles. The fraction of sp³-hybridized carbons (Fsp3) is 0.478. The molecule has 27 heavy (non-hydrogen) atoms. The molecule has 0 heterocycles. The molecule has 0 bridgehead atoms. The molecule has 0 aliphatic heterocycles. The fourth-order valence-electron chi connectivity index (χ4n) is 3.10. The van der Waals surface area contributed by atoms with Gasteiger partial charge in [-0.3, -0.25) is 0 Å². The molecule has 2 aromatic carbocycles. The zero-order valence-electron chi connectivity index (χ0n) is 18.1. The van der Waals surface area contributed by atoms with E-state index in [1.807, 2.05) is 55.4 Å². The highest BCUT2D eigenvalue weighted by Gasteiger charge is 2.30. The van der Waals surface area contributed by atoms with Crippen LogP contribution in [0.1, 0.15) is 63.8 Å². The summed E-state index contributed by atoms with van der Waals surface area (Å²) in [6.07, 6.45) is 0. The quantitative estimate of drug-likeness (QED) is 0.559. The van der Waals surface area contributed by atoms with Gasteiger partial charge in [0, 0.05) is 11.1 Å². The van der Waals surface area contributed by atoms with Crippen molar-refractivity contribution in [1.82, 2.24) is 0 Å². The number of methoxy groups -OCH3 is 1. The molecular formula is C23H34O4. The van der Waals surface area contributed by atoms with Crippen LogP contribution >= 0.6 is 0 Å². The van der Waals surface area contributed by atoms with E-state index in [-0.39, 0.29) is 22.3 Å². The molecule has 0 unspecified atom stereocenters. The summed E-state index contributed by atoms with van der Waals surface area (Å²) in [6, 6.07) is 6.52. The second-order valence-electron chi connectivity index (χ2n) is 8.89. The van der Waals surface area contributed by atoms with Gasteiger partial charge in [0.25, 0.3) is 0 Å². The van der Waals surface area contributed by atoms with Gasteiger partial charge in [-0.2, -0.15) is 0 Å². The van der Waals surface area contributed by atoms with E-state index in [9.17, 15) is 15.3 Å². The van der Waals surface area contributed by atoms with E-state index in [1.54, 1.807) is 31.4 Å². The maximum atomic E-state index is 10.0. The van der Waals surface area contributed by atoms with Gasteiger partial charge < -0.3 is 20.1 Å². The van der Waals surface area contributed by atoms with E-state index in [0.717, 1.165) is 28.0 Å². The number of benzene rings is 2. The Bertz CT molecular complexity index is 754. The zero-order chi connectivity index (χ0) is 21.2. The van der Waals surface area contributed by atoms with Crippen LogP contribution in [0, 0.1) is 13.8 Å². The van der Waals surface area contributed by atoms with Crippen LogP contribution in [0.4, 0.5) is 0 Å². The first-order chi connectivity index (χ1) is 12.2. The van der Waals surface area contributed by atoms with Crippen molar-refractivity contribution >= 4 is 0 Å². The van der Waals surface area contributed by atoms with E-state index in [1.165, 1.54) is 0 Å². The van der Waals surface area contributed by atoms with E-state index in [4.69, 9.17) is 4.74 Å². The molecule has 0 atom stereocenters. The lowest BCUT2D eigenvalue weighted by Crippen LogP contribution is -2.22. The van der Waals surface area contributed by atoms with Crippen LogP contribution in [-0.2, 0) is 10.8 Å². The molecule has 0 radical (unpaired) electrons. The van der Waals surface area contributed by atoms with Gasteiger partial charge in [0.05, 0.1) is 7.11 Å². The Labute approximate surface area is 163 Å². The molecule has 0 saturated carbocycles. The normalized spacial score (nSPS) is 11.6. The van der Waals surface area contributed by atoms with Gasteiger partial charge in [0.1, 0.15) is 23.0 Å². The Morgan fingerprint density at radius 3 is 1.33 bits per heavy atom. The Morgan fingerprint density at radius 2 is 1.00 bits per heavy atom. The summed E-state index contributed by atoms with van der Waals surface area (Å²) in [6.45, 7) is 16.0. The largest absolute Gasteiger partial charge is 0.508 e. The van der Waals surface area contributed by atoms with Gasteiger partial charge in [-0.25, -0.2) is 0 Å². The van der Waals surface area contributed by atoms with Crippen molar-refractivity contribution < 1.29 is 20.1 Å². The van der Waals surface area contributed by atoms with Gasteiger partial charge in [0.2, 0.25) is 0 Å². The highest BCUT2D eigenvalue weighted by atomic mass is 16.5. The fourth-order valence-corrected chi connectivity index (χ4v) is 3.10. The van der Waals surface area contributed by atoms with Crippen molar-refractivity contribution in [1.29, 1.82) is 0 Å². The number of rotatable bonds is 1. The Hall–Kier alpha value is -2.36. The molecule has 4 heteroatoms. The molecule has 0 spiro atoms. The van der Waals surface area contributed by atoms with Crippen LogP contribution in [0.5, 0.6) is 23.0 Å². The Morgan fingerprint density at radius 1 is 0.630 bits per heavy atom. The maximum absolute atomic E-state index is 10.0. The summed E-state index contributed by atoms with van der Waals surface area (Å²) in [5, 5.41) is 29.3. The Balaban J connectivity index is 0.000000289. The van der Waals surface area contributed by atoms with Crippen LogP contribution in [0.25, 0.3) is 0 Å². The lowest BCUT2D eigenvalue weighted by atomic mass is 9.74. The highest BCUT2D eigenvalue weighted by Crippen LogP contribution is 2.43. The molecule has 0 aliphatic rings. The van der Waals surface area contributed by atoms with Crippen LogP contribution in [0.15, 0.2) is 24.3 Å².